The number of nitrogens with one attached hydrogen (secondary N) is 1. The van der Waals surface area contributed by atoms with Crippen LogP contribution in [-0.2, 0) is 6.54 Å². The number of hydrogen-bond donors (Lipinski definition) is 1. The normalized spacial score (nSPS) is 23.1. The van der Waals surface area contributed by atoms with Gasteiger partial charge in [-0.2, -0.15) is 0 Å². The molecule has 1 aromatic heterocycles. The Bertz CT molecular complexity index is 269. The first-order valence-corrected chi connectivity index (χ1v) is 6.66. The first kappa shape index (κ1) is 11.1. The highest BCUT2D eigenvalue weighted by Gasteiger charge is 2.19. The van der Waals surface area contributed by atoms with Gasteiger partial charge in [0, 0.05) is 18.0 Å². The quantitative estimate of drug-likeness (QED) is 0.843. The maximum Gasteiger partial charge on any atom is 0.0328 e. The molecule has 84 valence electrons. The lowest BCUT2D eigenvalue weighted by molar-refractivity contribution is 0.168. The number of likely N-dealkylation sites (tertiary alicyclic amines) is 1. The minimum atomic E-state index is 0.851. The van der Waals surface area contributed by atoms with Crippen molar-refractivity contribution in [3.8, 4) is 0 Å². The SMILES string of the molecule is CNC[C@H]1CCCN(Cc2cccs2)C1. The summed E-state index contributed by atoms with van der Waals surface area (Å²) in [7, 11) is 2.05. The molecule has 15 heavy (non-hydrogen) atoms. The van der Waals surface area contributed by atoms with Crippen molar-refractivity contribution in [2.24, 2.45) is 5.92 Å². The molecule has 0 aromatic carbocycles. The molecule has 2 heterocycles. The predicted molar refractivity (Wildman–Crippen MR) is 66.2 cm³/mol. The molecular weight excluding hydrogens is 204 g/mol. The van der Waals surface area contributed by atoms with E-state index in [-0.39, 0.29) is 0 Å². The zero-order valence-corrected chi connectivity index (χ0v) is 10.2. The van der Waals surface area contributed by atoms with E-state index in [1.165, 1.54) is 37.4 Å². The second kappa shape index (κ2) is 5.64. The van der Waals surface area contributed by atoms with Gasteiger partial charge in [-0.05, 0) is 50.3 Å². The molecular formula is C12H20N2S. The summed E-state index contributed by atoms with van der Waals surface area (Å²) in [4.78, 5) is 4.09. The van der Waals surface area contributed by atoms with Gasteiger partial charge < -0.3 is 5.32 Å². The van der Waals surface area contributed by atoms with Crippen LogP contribution in [-0.4, -0.2) is 31.6 Å². The summed E-state index contributed by atoms with van der Waals surface area (Å²) in [5, 5.41) is 5.46. The van der Waals surface area contributed by atoms with Crippen LogP contribution in [0.5, 0.6) is 0 Å². The van der Waals surface area contributed by atoms with Crippen molar-refractivity contribution in [1.82, 2.24) is 10.2 Å². The van der Waals surface area contributed by atoms with Crippen LogP contribution < -0.4 is 5.32 Å². The van der Waals surface area contributed by atoms with Gasteiger partial charge in [-0.3, -0.25) is 4.90 Å². The predicted octanol–water partition coefficient (Wildman–Crippen LogP) is 2.18. The van der Waals surface area contributed by atoms with E-state index in [2.05, 4.69) is 34.8 Å². The van der Waals surface area contributed by atoms with Crippen molar-refractivity contribution in [2.75, 3.05) is 26.7 Å². The Morgan fingerprint density at radius 3 is 3.27 bits per heavy atom. The molecule has 0 aliphatic carbocycles. The van der Waals surface area contributed by atoms with Gasteiger partial charge in [-0.25, -0.2) is 0 Å². The van der Waals surface area contributed by atoms with E-state index in [9.17, 15) is 0 Å². The molecule has 1 saturated heterocycles. The largest absolute Gasteiger partial charge is 0.319 e. The molecule has 0 saturated carbocycles. The van der Waals surface area contributed by atoms with Crippen LogP contribution in [0.25, 0.3) is 0 Å². The third-order valence-electron chi connectivity index (χ3n) is 3.06. The van der Waals surface area contributed by atoms with E-state index < -0.39 is 0 Å². The molecule has 1 N–H and O–H groups in total. The fraction of sp³-hybridized carbons (Fsp3) is 0.667. The van der Waals surface area contributed by atoms with Gasteiger partial charge in [-0.15, -0.1) is 11.3 Å². The minimum absolute atomic E-state index is 0.851. The Labute approximate surface area is 96.3 Å². The van der Waals surface area contributed by atoms with Gasteiger partial charge in [0.2, 0.25) is 0 Å². The molecule has 1 aromatic rings. The zero-order valence-electron chi connectivity index (χ0n) is 9.41. The van der Waals surface area contributed by atoms with Crippen molar-refractivity contribution in [3.63, 3.8) is 0 Å². The van der Waals surface area contributed by atoms with Gasteiger partial charge in [0.05, 0.1) is 0 Å². The number of piperidine rings is 1. The van der Waals surface area contributed by atoms with Crippen LogP contribution in [0.4, 0.5) is 0 Å². The monoisotopic (exact) mass is 224 g/mol. The molecule has 0 amide bonds. The second-order valence-corrected chi connectivity index (χ2v) is 5.41. The van der Waals surface area contributed by atoms with Crippen LogP contribution in [0.2, 0.25) is 0 Å². The number of thiophene rings is 1. The lowest BCUT2D eigenvalue weighted by atomic mass is 9.98. The molecule has 3 heteroatoms. The van der Waals surface area contributed by atoms with Crippen LogP contribution in [0, 0.1) is 5.92 Å². The number of nitrogens with zero attached hydrogens (tertiary/aromatic N) is 1. The third-order valence-corrected chi connectivity index (χ3v) is 3.92. The highest BCUT2D eigenvalue weighted by Crippen LogP contribution is 2.19. The van der Waals surface area contributed by atoms with Crippen molar-refractivity contribution < 1.29 is 0 Å². The molecule has 0 unspecified atom stereocenters. The zero-order chi connectivity index (χ0) is 10.5. The molecule has 1 atom stereocenters. The van der Waals surface area contributed by atoms with E-state index in [1.807, 2.05) is 11.3 Å². The average molecular weight is 224 g/mol. The average Bonchev–Trinajstić information content (AvgIpc) is 2.71. The molecule has 1 fully saturated rings. The van der Waals surface area contributed by atoms with Crippen molar-refractivity contribution in [2.45, 2.75) is 19.4 Å². The van der Waals surface area contributed by atoms with E-state index >= 15 is 0 Å². The molecule has 2 rings (SSSR count). The topological polar surface area (TPSA) is 15.3 Å². The molecule has 0 bridgehead atoms. The maximum atomic E-state index is 3.29. The molecule has 1 aliphatic rings. The second-order valence-electron chi connectivity index (χ2n) is 4.38. The van der Waals surface area contributed by atoms with E-state index in [0.717, 1.165) is 12.5 Å². The van der Waals surface area contributed by atoms with Gasteiger partial charge in [0.25, 0.3) is 0 Å². The van der Waals surface area contributed by atoms with E-state index in [1.54, 1.807) is 0 Å². The summed E-state index contributed by atoms with van der Waals surface area (Å²) < 4.78 is 0. The summed E-state index contributed by atoms with van der Waals surface area (Å²) in [6, 6.07) is 4.39. The Kier molecular flexibility index (Phi) is 4.18. The number of hydrogen-bond acceptors (Lipinski definition) is 3. The molecule has 1 aliphatic heterocycles. The van der Waals surface area contributed by atoms with Gasteiger partial charge >= 0.3 is 0 Å². The fourth-order valence-corrected chi connectivity index (χ4v) is 3.12. The van der Waals surface area contributed by atoms with Gasteiger partial charge in [0.1, 0.15) is 0 Å². The van der Waals surface area contributed by atoms with Gasteiger partial charge in [0.15, 0.2) is 0 Å². The van der Waals surface area contributed by atoms with Crippen LogP contribution in [0.15, 0.2) is 17.5 Å². The van der Waals surface area contributed by atoms with E-state index in [4.69, 9.17) is 0 Å². The smallest absolute Gasteiger partial charge is 0.0328 e. The molecule has 0 radical (unpaired) electrons. The summed E-state index contributed by atoms with van der Waals surface area (Å²) in [5.74, 6) is 0.851. The van der Waals surface area contributed by atoms with Crippen LogP contribution >= 0.6 is 11.3 Å². The van der Waals surface area contributed by atoms with Crippen molar-refractivity contribution in [1.29, 1.82) is 0 Å². The van der Waals surface area contributed by atoms with Crippen molar-refractivity contribution >= 4 is 11.3 Å². The first-order valence-electron chi connectivity index (χ1n) is 5.78. The Morgan fingerprint density at radius 1 is 1.60 bits per heavy atom. The van der Waals surface area contributed by atoms with Gasteiger partial charge in [-0.1, -0.05) is 6.07 Å². The molecule has 2 nitrogen and oxygen atoms in total. The van der Waals surface area contributed by atoms with E-state index in [0.29, 0.717) is 0 Å². The highest BCUT2D eigenvalue weighted by molar-refractivity contribution is 7.09. The minimum Gasteiger partial charge on any atom is -0.319 e. The van der Waals surface area contributed by atoms with Crippen LogP contribution in [0.1, 0.15) is 17.7 Å². The summed E-state index contributed by atoms with van der Waals surface area (Å²) >= 11 is 1.87. The lowest BCUT2D eigenvalue weighted by Gasteiger charge is -2.32. The summed E-state index contributed by atoms with van der Waals surface area (Å²) in [5.41, 5.74) is 0. The van der Waals surface area contributed by atoms with Crippen LogP contribution in [0.3, 0.4) is 0 Å². The number of rotatable bonds is 4. The Balaban J connectivity index is 1.82. The Morgan fingerprint density at radius 2 is 2.53 bits per heavy atom. The standard InChI is InChI=1S/C12H20N2S/c1-13-8-11-4-2-6-14(9-11)10-12-5-3-7-15-12/h3,5,7,11,13H,2,4,6,8-10H2,1H3/t11-/m1/s1. The third kappa shape index (κ3) is 3.30. The summed E-state index contributed by atoms with van der Waals surface area (Å²) in [6.45, 7) is 4.86. The fourth-order valence-electron chi connectivity index (χ4n) is 2.37. The highest BCUT2D eigenvalue weighted by atomic mass is 32.1. The van der Waals surface area contributed by atoms with Crippen molar-refractivity contribution in [3.05, 3.63) is 22.4 Å². The molecule has 0 spiro atoms. The maximum absolute atomic E-state index is 3.29. The summed E-state index contributed by atoms with van der Waals surface area (Å²) in [6.07, 6.45) is 2.75. The lowest BCUT2D eigenvalue weighted by Crippen LogP contribution is -2.38. The first-order chi connectivity index (χ1) is 7.38. The Hall–Kier alpha value is -0.380.